The van der Waals surface area contributed by atoms with Crippen LogP contribution in [-0.2, 0) is 72.1 Å². The molecule has 780 valence electrons. The maximum absolute atomic E-state index is 14.7. The van der Waals surface area contributed by atoms with Gasteiger partial charge in [0.05, 0.1) is 88.9 Å². The second-order valence-corrected chi connectivity index (χ2v) is 57.0. The number of aliphatic hydroxyl groups excluding tert-OH is 1. The SMILES string of the molecule is CC(C)[C@@H](C)[C@@]1(C)CC[C@]2(C)[C@H]3CC[C@@H]4[C@@]5(COC[C@]4(C)[C@@H](O)[C@H](C)C5)C3=CC[C@@]2(C)[C@@H]1C(=O)OCc1ccccc1.CC(C)[C@@H](C)[C@@]1(C)CC[C@]2(C)[C@H]3CC[C@@H]4[C@@]5(COC[C@]4(C)[C@@H](OCC(C)(C)C(C)C)[C@H](C)C5)C3=CC[C@@]2(C)[C@@H]1C(=O)OCc1ccccc1.CC(C)[C@@H](C)[C@@]1(C)CC[C@]2(C)[C@H]3CC[C@@H]4[C@@]5(COC[C@]4(C)[C@@H](OCC(C)(C)C(C)C)[C@H](C)C5)C3=CC[C@@]2(C)[C@@H]1C(=O)OCc1ccccc1. The molecule has 0 radical (unpaired) electrons. The minimum Gasteiger partial charge on any atom is -0.461 e. The number of hydrogen-bond donors (Lipinski definition) is 1. The highest BCUT2D eigenvalue weighted by Gasteiger charge is 2.77. The van der Waals surface area contributed by atoms with E-state index in [0.717, 1.165) is 153 Å². The van der Waals surface area contributed by atoms with Gasteiger partial charge in [0.25, 0.3) is 0 Å². The predicted molar refractivity (Wildman–Crippen MR) is 567 cm³/mol. The zero-order valence-electron chi connectivity index (χ0n) is 94.1. The van der Waals surface area contributed by atoms with Crippen LogP contribution in [0, 0.1) is 210 Å². The van der Waals surface area contributed by atoms with E-state index in [2.05, 4.69) is 264 Å². The zero-order valence-corrected chi connectivity index (χ0v) is 94.1. The van der Waals surface area contributed by atoms with E-state index < -0.39 is 0 Å². The molecule has 0 amide bonds. The molecule has 15 aliphatic rings. The standard InChI is InChI=1S/2C45H70O4.C38H56O4/c2*1-29(2)32(6)41(9)22-23-43(11)34-18-19-36-42(10)27-47-28-45(36,24-31(5)38(42)49-26-40(7,8)30(3)4)35(34)20-21-44(43,12)37(41)39(46)48-25-33-16-14-13-15-17-33;1-24(2)26(4)34(5)18-19-36(7)28-14-15-30-35(6)22-41-23-38(30,20-25(3)32(35)39)29(28)16-17-37(36,8)31(34)33(40)42-21-27-12-10-9-11-13-27/h2*13-17,20,29-32,34,36-38H,18-19,21-28H2,1-12H3;9-13,16,24-26,28,30-32,39H,14-15,17-23H2,1-8H3/t2*31-,32-,34+,36+,37-,38+,41-,42+,43-,44+,45+;25-,26-,28+,30+,31-,32+,34-,35+,36-,37+,38+/m111/s1. The maximum atomic E-state index is 14.7. The molecule has 3 aromatic rings. The Morgan fingerprint density at radius 1 is 0.357 bits per heavy atom. The average molecular weight is 1930 g/mol. The van der Waals surface area contributed by atoms with Crippen LogP contribution in [-0.4, -0.2) is 94.2 Å². The summed E-state index contributed by atoms with van der Waals surface area (Å²) in [4.78, 5) is 43.9. The number of benzene rings is 3. The summed E-state index contributed by atoms with van der Waals surface area (Å²) in [6.45, 7) is 84.0. The molecule has 18 rings (SSSR count). The minimum atomic E-state index is -0.311. The van der Waals surface area contributed by atoms with Crippen LogP contribution in [0.2, 0.25) is 0 Å². The Kier molecular flexibility index (Phi) is 29.7. The first-order chi connectivity index (χ1) is 65.5. The topological polar surface area (TPSA) is 145 Å². The molecule has 0 aromatic heterocycles. The summed E-state index contributed by atoms with van der Waals surface area (Å²) in [6, 6.07) is 30.6. The fourth-order valence-corrected chi connectivity index (χ4v) is 37.1. The summed E-state index contributed by atoms with van der Waals surface area (Å²) in [6.07, 6.45) is 27.8. The van der Waals surface area contributed by atoms with Gasteiger partial charge in [0.2, 0.25) is 0 Å². The summed E-state index contributed by atoms with van der Waals surface area (Å²) in [5.74, 6) is 7.51. The molecular formula is C128H196O12. The molecule has 9 saturated carbocycles. The molecule has 140 heavy (non-hydrogen) atoms. The Morgan fingerprint density at radius 3 is 0.893 bits per heavy atom. The van der Waals surface area contributed by atoms with E-state index in [0.29, 0.717) is 121 Å². The third-order valence-corrected chi connectivity index (χ3v) is 48.2. The number of rotatable bonds is 23. The van der Waals surface area contributed by atoms with Crippen molar-refractivity contribution in [2.24, 2.45) is 210 Å². The fourth-order valence-electron chi connectivity index (χ4n) is 37.1. The first-order valence-corrected chi connectivity index (χ1v) is 56.9. The average Bonchev–Trinajstić information content (AvgIpc) is 0.675. The Morgan fingerprint density at radius 2 is 0.621 bits per heavy atom. The highest BCUT2D eigenvalue weighted by molar-refractivity contribution is 5.77. The zero-order chi connectivity index (χ0) is 102. The lowest BCUT2D eigenvalue weighted by atomic mass is 9.34. The Bertz CT molecular complexity index is 4770. The number of carbonyl (C=O) groups excluding carboxylic acids is 3. The van der Waals surface area contributed by atoms with Gasteiger partial charge >= 0.3 is 17.9 Å². The molecule has 12 heteroatoms. The van der Waals surface area contributed by atoms with Crippen molar-refractivity contribution in [3.63, 3.8) is 0 Å². The van der Waals surface area contributed by atoms with Gasteiger partial charge in [0.1, 0.15) is 19.8 Å². The first-order valence-electron chi connectivity index (χ1n) is 56.9. The van der Waals surface area contributed by atoms with E-state index in [4.69, 9.17) is 37.9 Å². The van der Waals surface area contributed by atoms with E-state index in [1.807, 2.05) is 66.7 Å². The normalized spacial score (nSPS) is 43.8. The number of hydrogen-bond acceptors (Lipinski definition) is 12. The maximum Gasteiger partial charge on any atom is 0.310 e. The number of carbonyl (C=O) groups is 3. The van der Waals surface area contributed by atoms with Crippen molar-refractivity contribution >= 4 is 17.9 Å². The molecule has 1 N–H and O–H groups in total. The van der Waals surface area contributed by atoms with E-state index in [9.17, 15) is 19.5 Å². The molecular weight excluding hydrogens is 1730 g/mol. The number of fused-ring (bicyclic) bond motifs is 9. The van der Waals surface area contributed by atoms with Crippen LogP contribution in [0.4, 0.5) is 0 Å². The van der Waals surface area contributed by atoms with Crippen molar-refractivity contribution in [1.29, 1.82) is 0 Å². The summed E-state index contributed by atoms with van der Waals surface area (Å²) >= 11 is 0. The van der Waals surface area contributed by atoms with Crippen molar-refractivity contribution in [3.05, 3.63) is 143 Å². The smallest absolute Gasteiger partial charge is 0.310 e. The molecule has 3 saturated heterocycles. The summed E-state index contributed by atoms with van der Waals surface area (Å²) < 4.78 is 52.9. The Labute approximate surface area is 851 Å². The van der Waals surface area contributed by atoms with Gasteiger partial charge in [-0.05, 0) is 292 Å². The van der Waals surface area contributed by atoms with Crippen LogP contribution in [0.15, 0.2) is 126 Å². The number of aliphatic hydroxyl groups is 1. The van der Waals surface area contributed by atoms with Gasteiger partial charge in [-0.1, -0.05) is 348 Å². The molecule has 6 bridgehead atoms. The second-order valence-electron chi connectivity index (χ2n) is 57.0. The molecule has 3 aliphatic heterocycles. The van der Waals surface area contributed by atoms with Crippen LogP contribution in [0.25, 0.3) is 0 Å². The number of allylic oxidation sites excluding steroid dienone is 3. The van der Waals surface area contributed by atoms with Crippen LogP contribution < -0.4 is 0 Å². The lowest BCUT2D eigenvalue weighted by Gasteiger charge is -2.71. The van der Waals surface area contributed by atoms with E-state index in [1.54, 1.807) is 16.7 Å². The van der Waals surface area contributed by atoms with Crippen molar-refractivity contribution in [3.8, 4) is 0 Å². The van der Waals surface area contributed by atoms with Gasteiger partial charge in [0.15, 0.2) is 0 Å². The summed E-state index contributed by atoms with van der Waals surface area (Å²) in [5.41, 5.74) is 7.39. The molecule has 12 aliphatic carbocycles. The summed E-state index contributed by atoms with van der Waals surface area (Å²) in [7, 11) is 0. The van der Waals surface area contributed by atoms with E-state index in [-0.39, 0.29) is 152 Å². The van der Waals surface area contributed by atoms with Gasteiger partial charge < -0.3 is 43.0 Å². The Hall–Kier alpha value is -4.95. The fraction of sp³-hybridized carbons (Fsp3) is 0.789. The van der Waals surface area contributed by atoms with Crippen LogP contribution in [0.3, 0.4) is 0 Å². The number of esters is 3. The van der Waals surface area contributed by atoms with Gasteiger partial charge in [-0.15, -0.1) is 0 Å². The molecule has 3 aromatic carbocycles. The highest BCUT2D eigenvalue weighted by atomic mass is 16.5. The summed E-state index contributed by atoms with van der Waals surface area (Å²) in [5, 5.41) is 11.4. The molecule has 12 nitrogen and oxygen atoms in total. The lowest BCUT2D eigenvalue weighted by molar-refractivity contribution is -0.255. The molecule has 0 spiro atoms. The van der Waals surface area contributed by atoms with Crippen molar-refractivity contribution in [2.75, 3.05) is 52.9 Å². The third-order valence-electron chi connectivity index (χ3n) is 48.2. The van der Waals surface area contributed by atoms with Gasteiger partial charge in [-0.25, -0.2) is 0 Å². The van der Waals surface area contributed by atoms with Crippen LogP contribution in [0.5, 0.6) is 0 Å². The predicted octanol–water partition coefficient (Wildman–Crippen LogP) is 30.1. The van der Waals surface area contributed by atoms with Crippen LogP contribution in [0.1, 0.15) is 354 Å². The highest BCUT2D eigenvalue weighted by Crippen LogP contribution is 2.81. The van der Waals surface area contributed by atoms with Crippen molar-refractivity contribution in [1.82, 2.24) is 0 Å². The van der Waals surface area contributed by atoms with Gasteiger partial charge in [0, 0.05) is 32.5 Å². The third kappa shape index (κ3) is 16.9. The number of ether oxygens (including phenoxy) is 8. The lowest BCUT2D eigenvalue weighted by Crippen LogP contribution is -2.69. The van der Waals surface area contributed by atoms with Crippen molar-refractivity contribution < 1.29 is 57.4 Å². The molecule has 3 heterocycles. The van der Waals surface area contributed by atoms with Gasteiger partial charge in [-0.2, -0.15) is 0 Å². The molecule has 33 atom stereocenters. The molecule has 0 unspecified atom stereocenters. The minimum absolute atomic E-state index is 0.00193. The quantitative estimate of drug-likeness (QED) is 0.0548. The monoisotopic (exact) mass is 1930 g/mol. The largest absolute Gasteiger partial charge is 0.461 e. The van der Waals surface area contributed by atoms with E-state index >= 15 is 0 Å². The first kappa shape index (κ1) is 108. The van der Waals surface area contributed by atoms with Crippen molar-refractivity contribution in [2.45, 2.75) is 375 Å². The van der Waals surface area contributed by atoms with Gasteiger partial charge in [-0.3, -0.25) is 14.4 Å². The Balaban J connectivity index is 0.000000152. The molecule has 12 fully saturated rings. The van der Waals surface area contributed by atoms with Crippen LogP contribution >= 0.6 is 0 Å². The second kappa shape index (κ2) is 38.6. The van der Waals surface area contributed by atoms with E-state index in [1.165, 1.54) is 25.7 Å².